The van der Waals surface area contributed by atoms with E-state index < -0.39 is 23.8 Å². The minimum absolute atomic E-state index is 0.291. The molecule has 2 unspecified atom stereocenters. The Morgan fingerprint density at radius 1 is 1.20 bits per heavy atom. The molecule has 2 aliphatic rings. The Balaban J connectivity index is 2.59. The van der Waals surface area contributed by atoms with Crippen LogP contribution in [0.2, 0.25) is 0 Å². The Morgan fingerprint density at radius 3 is 2.20 bits per heavy atom. The summed E-state index contributed by atoms with van der Waals surface area (Å²) in [5.74, 6) is -5.60. The first-order chi connectivity index (χ1) is 6.76. The van der Waals surface area contributed by atoms with Crippen LogP contribution in [0, 0.1) is 0 Å². The summed E-state index contributed by atoms with van der Waals surface area (Å²) in [5, 5.41) is 38.9. The lowest BCUT2D eigenvalue weighted by Gasteiger charge is -2.33. The van der Waals surface area contributed by atoms with E-state index >= 15 is 0 Å². The second-order valence-corrected chi connectivity index (χ2v) is 3.20. The van der Waals surface area contributed by atoms with Crippen LogP contribution in [0.5, 0.6) is 0 Å². The molecule has 0 aromatic carbocycles. The third-order valence-corrected chi connectivity index (χ3v) is 2.48. The predicted octanol–water partition coefficient (Wildman–Crippen LogP) is -2.55. The van der Waals surface area contributed by atoms with Crippen molar-refractivity contribution in [1.29, 1.82) is 0 Å². The Bertz CT molecular complexity index is 361. The molecule has 2 atom stereocenters. The van der Waals surface area contributed by atoms with Crippen LogP contribution >= 0.6 is 0 Å². The van der Waals surface area contributed by atoms with Crippen LogP contribution in [0.1, 0.15) is 0 Å². The molecule has 0 bridgehead atoms. The van der Waals surface area contributed by atoms with Crippen molar-refractivity contribution in [2.45, 2.75) is 11.7 Å². The molecule has 0 aromatic rings. The molecule has 0 aromatic heterocycles. The predicted molar refractivity (Wildman–Crippen MR) is 38.8 cm³/mol. The summed E-state index contributed by atoms with van der Waals surface area (Å²) < 4.78 is 0. The van der Waals surface area contributed by atoms with Crippen molar-refractivity contribution in [2.75, 3.05) is 7.05 Å². The molecule has 0 spiro atoms. The maximum absolute atomic E-state index is 11.2. The zero-order valence-corrected chi connectivity index (χ0v) is 7.45. The molecular weight excluding hydrogens is 212 g/mol. The number of nitrogens with zero attached hydrogens (tertiary/aromatic N) is 3. The Hall–Kier alpha value is -1.62. The first kappa shape index (κ1) is 9.92. The van der Waals surface area contributed by atoms with Crippen molar-refractivity contribution in [3.63, 3.8) is 0 Å². The number of hydrogen-bond donors (Lipinski definition) is 5. The van der Waals surface area contributed by atoms with E-state index in [-0.39, 0.29) is 10.1 Å². The number of fused-ring (bicyclic) bond motifs is 1. The summed E-state index contributed by atoms with van der Waals surface area (Å²) in [7, 11) is 0.979. The largest absolute Gasteiger partial charge is 0.352 e. The fourth-order valence-corrected chi connectivity index (χ4v) is 1.56. The van der Waals surface area contributed by atoms with Crippen LogP contribution in [0.15, 0.2) is 0 Å². The lowest BCUT2D eigenvalue weighted by atomic mass is 10.3. The number of carbonyl (C=O) groups excluding carboxylic acids is 2. The van der Waals surface area contributed by atoms with E-state index in [2.05, 4.69) is 0 Å². The normalized spacial score (nSPS) is 39.9. The number of rotatable bonds is 0. The summed E-state index contributed by atoms with van der Waals surface area (Å²) in [6.45, 7) is 0. The second-order valence-electron chi connectivity index (χ2n) is 3.20. The van der Waals surface area contributed by atoms with Gasteiger partial charge in [0.25, 0.3) is 0 Å². The highest BCUT2D eigenvalue weighted by Gasteiger charge is 2.76. The quantitative estimate of drug-likeness (QED) is 0.285. The fourth-order valence-electron chi connectivity index (χ4n) is 1.56. The Labute approximate surface area is 82.4 Å². The molecule has 2 heterocycles. The summed E-state index contributed by atoms with van der Waals surface area (Å²) >= 11 is 0. The molecule has 4 amide bonds. The maximum atomic E-state index is 11.2. The van der Waals surface area contributed by atoms with Crippen LogP contribution < -0.4 is 5.32 Å². The average molecular weight is 220 g/mol. The minimum Gasteiger partial charge on any atom is -0.347 e. The van der Waals surface area contributed by atoms with Crippen molar-refractivity contribution in [3.05, 3.63) is 0 Å². The fraction of sp³-hybridized carbons (Fsp3) is 0.600. The first-order valence-corrected chi connectivity index (χ1v) is 3.79. The van der Waals surface area contributed by atoms with E-state index in [1.54, 1.807) is 5.32 Å². The lowest BCUT2D eigenvalue weighted by molar-refractivity contribution is -0.353. The topological polar surface area (TPSA) is 137 Å². The molecule has 2 saturated heterocycles. The van der Waals surface area contributed by atoms with Crippen molar-refractivity contribution in [1.82, 2.24) is 20.3 Å². The SMILES string of the molecule is CN1C(=O)N(O)C2(O)NC(=O)N(O)C12O. The molecule has 2 aliphatic heterocycles. The van der Waals surface area contributed by atoms with Crippen LogP contribution in [-0.2, 0) is 0 Å². The van der Waals surface area contributed by atoms with Crippen LogP contribution in [0.25, 0.3) is 0 Å². The van der Waals surface area contributed by atoms with Crippen molar-refractivity contribution >= 4 is 12.1 Å². The van der Waals surface area contributed by atoms with Gasteiger partial charge in [-0.05, 0) is 0 Å². The summed E-state index contributed by atoms with van der Waals surface area (Å²) in [6, 6.07) is -2.46. The van der Waals surface area contributed by atoms with E-state index in [0.29, 0.717) is 4.90 Å². The molecular formula is C5H8N4O6. The number of aliphatic hydroxyl groups is 2. The van der Waals surface area contributed by atoms with Gasteiger partial charge in [0.2, 0.25) is 0 Å². The Morgan fingerprint density at radius 2 is 1.73 bits per heavy atom. The van der Waals surface area contributed by atoms with E-state index in [4.69, 9.17) is 0 Å². The highest BCUT2D eigenvalue weighted by atomic mass is 16.6. The van der Waals surface area contributed by atoms with E-state index in [1.165, 1.54) is 0 Å². The van der Waals surface area contributed by atoms with Crippen LogP contribution in [0.3, 0.4) is 0 Å². The molecule has 10 nitrogen and oxygen atoms in total. The van der Waals surface area contributed by atoms with Crippen LogP contribution in [-0.4, -0.2) is 66.5 Å². The van der Waals surface area contributed by atoms with Gasteiger partial charge in [-0.25, -0.2) is 9.59 Å². The molecule has 15 heavy (non-hydrogen) atoms. The summed E-state index contributed by atoms with van der Waals surface area (Å²) in [6.07, 6.45) is 0. The number of amides is 4. The Kier molecular flexibility index (Phi) is 1.52. The number of hydroxylamine groups is 4. The monoisotopic (exact) mass is 220 g/mol. The second kappa shape index (κ2) is 2.30. The molecule has 0 saturated carbocycles. The van der Waals surface area contributed by atoms with Gasteiger partial charge in [0, 0.05) is 7.05 Å². The molecule has 84 valence electrons. The van der Waals surface area contributed by atoms with Gasteiger partial charge < -0.3 is 10.2 Å². The van der Waals surface area contributed by atoms with E-state index in [9.17, 15) is 30.2 Å². The van der Waals surface area contributed by atoms with Gasteiger partial charge in [0.1, 0.15) is 0 Å². The summed E-state index contributed by atoms with van der Waals surface area (Å²) in [5.41, 5.74) is 0. The third-order valence-electron chi connectivity index (χ3n) is 2.48. The lowest BCUT2D eigenvalue weighted by Crippen LogP contribution is -2.66. The molecule has 2 rings (SSSR count). The van der Waals surface area contributed by atoms with Gasteiger partial charge >= 0.3 is 23.8 Å². The highest BCUT2D eigenvalue weighted by molar-refractivity contribution is 5.85. The number of nitrogens with one attached hydrogen (secondary N) is 1. The van der Waals surface area contributed by atoms with Gasteiger partial charge in [0.15, 0.2) is 0 Å². The number of hydrogen-bond acceptors (Lipinski definition) is 6. The van der Waals surface area contributed by atoms with Crippen molar-refractivity contribution < 1.29 is 30.2 Å². The van der Waals surface area contributed by atoms with Crippen molar-refractivity contribution in [2.24, 2.45) is 0 Å². The zero-order valence-electron chi connectivity index (χ0n) is 7.45. The zero-order chi connectivity index (χ0) is 11.6. The maximum Gasteiger partial charge on any atom is 0.352 e. The third kappa shape index (κ3) is 0.743. The molecule has 0 radical (unpaired) electrons. The highest BCUT2D eigenvalue weighted by Crippen LogP contribution is 2.40. The first-order valence-electron chi connectivity index (χ1n) is 3.79. The average Bonchev–Trinajstić information content (AvgIpc) is 2.44. The van der Waals surface area contributed by atoms with Gasteiger partial charge in [-0.2, -0.15) is 0 Å². The van der Waals surface area contributed by atoms with Gasteiger partial charge in [0.05, 0.1) is 0 Å². The van der Waals surface area contributed by atoms with Gasteiger partial charge in [-0.15, -0.1) is 10.1 Å². The standard InChI is InChI=1S/C5H8N4O6/c1-7-3(11)9(15)4(12)5(7,13)8(14)2(10)6-4/h12-15H,1H3,(H,6,10). The van der Waals surface area contributed by atoms with Gasteiger partial charge in [-0.3, -0.25) is 20.6 Å². The smallest absolute Gasteiger partial charge is 0.347 e. The minimum atomic E-state index is -2.81. The molecule has 10 heteroatoms. The van der Waals surface area contributed by atoms with E-state index in [1.807, 2.05) is 0 Å². The van der Waals surface area contributed by atoms with Crippen molar-refractivity contribution in [3.8, 4) is 0 Å². The molecule has 5 N–H and O–H groups in total. The van der Waals surface area contributed by atoms with Crippen LogP contribution in [0.4, 0.5) is 9.59 Å². The van der Waals surface area contributed by atoms with E-state index in [0.717, 1.165) is 7.05 Å². The molecule has 0 aliphatic carbocycles. The number of urea groups is 2. The van der Waals surface area contributed by atoms with Gasteiger partial charge in [-0.1, -0.05) is 0 Å². The number of likely N-dealkylation sites (N-methyl/N-ethyl adjacent to an activating group) is 1. The summed E-state index contributed by atoms with van der Waals surface area (Å²) in [4.78, 5) is 22.5. The number of carbonyl (C=O) groups is 2. The molecule has 2 fully saturated rings.